The van der Waals surface area contributed by atoms with Gasteiger partial charge in [-0.1, -0.05) is 0 Å². The van der Waals surface area contributed by atoms with Gasteiger partial charge in [0.2, 0.25) is 5.91 Å². The lowest BCUT2D eigenvalue weighted by Crippen LogP contribution is -2.30. The van der Waals surface area contributed by atoms with Crippen LogP contribution in [0.4, 0.5) is 0 Å². The lowest BCUT2D eigenvalue weighted by Gasteiger charge is -2.06. The Morgan fingerprint density at radius 3 is 3.06 bits per heavy atom. The third-order valence-corrected chi connectivity index (χ3v) is 2.52. The van der Waals surface area contributed by atoms with Gasteiger partial charge in [0.25, 0.3) is 0 Å². The largest absolute Gasteiger partial charge is 0.383 e. The predicted molar refractivity (Wildman–Crippen MR) is 64.6 cm³/mol. The molecule has 6 heteroatoms. The number of nitrogens with zero attached hydrogens (tertiary/aromatic N) is 2. The van der Waals surface area contributed by atoms with Crippen molar-refractivity contribution in [3.05, 3.63) is 18.0 Å². The smallest absolute Gasteiger partial charge is 0.241 e. The second kappa shape index (κ2) is 7.03. The first-order valence-electron chi connectivity index (χ1n) is 5.62. The first-order chi connectivity index (χ1) is 8.17. The summed E-state index contributed by atoms with van der Waals surface area (Å²) in [5, 5.41) is 10.0. The highest BCUT2D eigenvalue weighted by molar-refractivity contribution is 5.75. The summed E-state index contributed by atoms with van der Waals surface area (Å²) in [4.78, 5) is 11.5. The van der Waals surface area contributed by atoms with Gasteiger partial charge in [0.05, 0.1) is 12.8 Å². The van der Waals surface area contributed by atoms with Crippen molar-refractivity contribution in [1.29, 1.82) is 0 Å². The zero-order chi connectivity index (χ0) is 12.7. The van der Waals surface area contributed by atoms with Gasteiger partial charge in [-0.05, 0) is 14.0 Å². The molecule has 1 amide bonds. The van der Waals surface area contributed by atoms with E-state index in [1.54, 1.807) is 18.0 Å². The van der Waals surface area contributed by atoms with Crippen LogP contribution in [0.3, 0.4) is 0 Å². The molecule has 1 unspecified atom stereocenters. The maximum atomic E-state index is 11.5. The maximum Gasteiger partial charge on any atom is 0.241 e. The molecule has 0 aliphatic rings. The van der Waals surface area contributed by atoms with Gasteiger partial charge in [0.15, 0.2) is 0 Å². The molecular formula is C11H20N4O2. The molecule has 0 aliphatic carbocycles. The highest BCUT2D eigenvalue weighted by Gasteiger charge is 2.07. The topological polar surface area (TPSA) is 68.2 Å². The summed E-state index contributed by atoms with van der Waals surface area (Å²) in [6.07, 6.45) is 3.64. The van der Waals surface area contributed by atoms with Crippen LogP contribution in [0.25, 0.3) is 0 Å². The van der Waals surface area contributed by atoms with Gasteiger partial charge >= 0.3 is 0 Å². The van der Waals surface area contributed by atoms with Crippen LogP contribution in [-0.2, 0) is 16.1 Å². The number of hydrogen-bond donors (Lipinski definition) is 2. The molecule has 0 spiro atoms. The number of ether oxygens (including phenoxy) is 1. The second-order valence-electron chi connectivity index (χ2n) is 3.82. The van der Waals surface area contributed by atoms with Gasteiger partial charge in [0.1, 0.15) is 6.54 Å². The number of nitrogens with one attached hydrogen (secondary N) is 2. The number of carbonyl (C=O) groups excluding carboxylic acids is 1. The van der Waals surface area contributed by atoms with E-state index in [1.165, 1.54) is 0 Å². The lowest BCUT2D eigenvalue weighted by atomic mass is 10.2. The van der Waals surface area contributed by atoms with Gasteiger partial charge in [-0.25, -0.2) is 0 Å². The molecule has 2 N–H and O–H groups in total. The SMILES string of the molecule is CNC(C)c1cnn(CC(=O)NCCOC)c1. The average molecular weight is 240 g/mol. The third kappa shape index (κ3) is 4.54. The van der Waals surface area contributed by atoms with E-state index < -0.39 is 0 Å². The van der Waals surface area contributed by atoms with Crippen LogP contribution in [0.2, 0.25) is 0 Å². The Balaban J connectivity index is 2.40. The first-order valence-corrected chi connectivity index (χ1v) is 5.62. The van der Waals surface area contributed by atoms with E-state index in [9.17, 15) is 4.79 Å². The quantitative estimate of drug-likeness (QED) is 0.654. The minimum atomic E-state index is -0.0613. The summed E-state index contributed by atoms with van der Waals surface area (Å²) in [6, 6.07) is 0.236. The molecule has 1 heterocycles. The van der Waals surface area contributed by atoms with Crippen molar-refractivity contribution >= 4 is 5.91 Å². The molecule has 6 nitrogen and oxygen atoms in total. The summed E-state index contributed by atoms with van der Waals surface area (Å²) < 4.78 is 6.48. The molecule has 1 rings (SSSR count). The summed E-state index contributed by atoms with van der Waals surface area (Å²) >= 11 is 0. The fourth-order valence-corrected chi connectivity index (χ4v) is 1.35. The van der Waals surface area contributed by atoms with Gasteiger partial charge in [-0.15, -0.1) is 0 Å². The van der Waals surface area contributed by atoms with Crippen LogP contribution in [0, 0.1) is 0 Å². The maximum absolute atomic E-state index is 11.5. The summed E-state index contributed by atoms with van der Waals surface area (Å²) in [5.41, 5.74) is 1.07. The number of carbonyl (C=O) groups is 1. The molecule has 0 radical (unpaired) electrons. The van der Waals surface area contributed by atoms with E-state index in [1.807, 2.05) is 20.2 Å². The van der Waals surface area contributed by atoms with Crippen LogP contribution in [-0.4, -0.2) is 43.0 Å². The first kappa shape index (κ1) is 13.7. The van der Waals surface area contributed by atoms with E-state index in [0.717, 1.165) is 5.56 Å². The van der Waals surface area contributed by atoms with Crippen molar-refractivity contribution in [1.82, 2.24) is 20.4 Å². The van der Waals surface area contributed by atoms with Crippen LogP contribution in [0.15, 0.2) is 12.4 Å². The summed E-state index contributed by atoms with van der Waals surface area (Å²) in [6.45, 7) is 3.32. The van der Waals surface area contributed by atoms with E-state index in [4.69, 9.17) is 4.74 Å². The molecule has 0 saturated carbocycles. The molecule has 0 fully saturated rings. The van der Waals surface area contributed by atoms with E-state index >= 15 is 0 Å². The van der Waals surface area contributed by atoms with E-state index in [2.05, 4.69) is 15.7 Å². The van der Waals surface area contributed by atoms with Crippen LogP contribution < -0.4 is 10.6 Å². The van der Waals surface area contributed by atoms with Gasteiger partial charge in [-0.3, -0.25) is 9.48 Å². The number of methoxy groups -OCH3 is 1. The van der Waals surface area contributed by atoms with Gasteiger partial charge in [-0.2, -0.15) is 5.10 Å². The van der Waals surface area contributed by atoms with Crippen molar-refractivity contribution < 1.29 is 9.53 Å². The minimum Gasteiger partial charge on any atom is -0.383 e. The van der Waals surface area contributed by atoms with Crippen molar-refractivity contribution in [2.24, 2.45) is 0 Å². The summed E-state index contributed by atoms with van der Waals surface area (Å²) in [5.74, 6) is -0.0613. The molecule has 1 atom stereocenters. The van der Waals surface area contributed by atoms with Crippen molar-refractivity contribution in [3.63, 3.8) is 0 Å². The summed E-state index contributed by atoms with van der Waals surface area (Å²) in [7, 11) is 3.49. The zero-order valence-corrected chi connectivity index (χ0v) is 10.6. The monoisotopic (exact) mass is 240 g/mol. The normalized spacial score (nSPS) is 12.4. The molecule has 1 aromatic rings. The highest BCUT2D eigenvalue weighted by Crippen LogP contribution is 2.09. The Morgan fingerprint density at radius 1 is 1.65 bits per heavy atom. The zero-order valence-electron chi connectivity index (χ0n) is 10.6. The Morgan fingerprint density at radius 2 is 2.41 bits per heavy atom. The van der Waals surface area contributed by atoms with Crippen molar-refractivity contribution in [2.45, 2.75) is 19.5 Å². The molecule has 0 bridgehead atoms. The fourth-order valence-electron chi connectivity index (χ4n) is 1.35. The second-order valence-corrected chi connectivity index (χ2v) is 3.82. The lowest BCUT2D eigenvalue weighted by molar-refractivity contribution is -0.122. The van der Waals surface area contributed by atoms with E-state index in [-0.39, 0.29) is 18.5 Å². The molecule has 0 aromatic carbocycles. The van der Waals surface area contributed by atoms with Gasteiger partial charge in [0, 0.05) is 31.5 Å². The fraction of sp³-hybridized carbons (Fsp3) is 0.636. The molecule has 96 valence electrons. The number of rotatable bonds is 7. The Labute approximate surface area is 101 Å². The Bertz CT molecular complexity index is 351. The van der Waals surface area contributed by atoms with Gasteiger partial charge < -0.3 is 15.4 Å². The molecule has 0 aliphatic heterocycles. The number of hydrogen-bond acceptors (Lipinski definition) is 4. The van der Waals surface area contributed by atoms with Crippen LogP contribution in [0.1, 0.15) is 18.5 Å². The molecular weight excluding hydrogens is 220 g/mol. The molecule has 0 saturated heterocycles. The number of aromatic nitrogens is 2. The minimum absolute atomic E-state index is 0.0613. The standard InChI is InChI=1S/C11H20N4O2/c1-9(12-2)10-6-14-15(7-10)8-11(16)13-4-5-17-3/h6-7,9,12H,4-5,8H2,1-3H3,(H,13,16). The van der Waals surface area contributed by atoms with Crippen molar-refractivity contribution in [2.75, 3.05) is 27.3 Å². The number of amides is 1. The Kier molecular flexibility index (Phi) is 5.65. The highest BCUT2D eigenvalue weighted by atomic mass is 16.5. The average Bonchev–Trinajstić information content (AvgIpc) is 2.77. The molecule has 1 aromatic heterocycles. The Hall–Kier alpha value is -1.40. The molecule has 17 heavy (non-hydrogen) atoms. The predicted octanol–water partition coefficient (Wildman–Crippen LogP) is -0.0739. The van der Waals surface area contributed by atoms with Crippen molar-refractivity contribution in [3.8, 4) is 0 Å². The van der Waals surface area contributed by atoms with E-state index in [0.29, 0.717) is 13.2 Å². The third-order valence-electron chi connectivity index (χ3n) is 2.52. The van der Waals surface area contributed by atoms with Crippen LogP contribution >= 0.6 is 0 Å². The van der Waals surface area contributed by atoms with Crippen LogP contribution in [0.5, 0.6) is 0 Å².